The maximum absolute atomic E-state index is 14.8. The smallest absolute Gasteiger partial charge is 0.428 e. The fourth-order valence-corrected chi connectivity index (χ4v) is 4.72. The molecular weight excluding hydrogens is 529 g/mol. The summed E-state index contributed by atoms with van der Waals surface area (Å²) in [5.74, 6) is -1.87. The number of alkyl halides is 4. The minimum Gasteiger partial charge on any atom is -0.428 e. The van der Waals surface area contributed by atoms with Crippen molar-refractivity contribution < 1.29 is 31.5 Å². The highest BCUT2D eigenvalue weighted by atomic mass is 35.5. The first-order valence-electron chi connectivity index (χ1n) is 12.0. The Labute approximate surface area is 221 Å². The standard InChI is InChI=1S/C27H25ClF5N3O2/c28-19-10-11-23(34-16-19)26(15-17-6-2-1-3-7-17,36-25(37)35-21-8-4-5-9-21)18-12-20(29)14-22(13-18)38-27(32,33)24(30)31/h1-3,6-7,10-14,16,21,24H,4-5,8-9,15H2,(H2,35,36,37)/t26-/m0/s1. The van der Waals surface area contributed by atoms with E-state index in [1.807, 2.05) is 0 Å². The lowest BCUT2D eigenvalue weighted by Gasteiger charge is -2.36. The van der Waals surface area contributed by atoms with Gasteiger partial charge >= 0.3 is 18.6 Å². The lowest BCUT2D eigenvalue weighted by atomic mass is 9.80. The van der Waals surface area contributed by atoms with E-state index in [1.165, 1.54) is 18.3 Å². The molecule has 4 rings (SSSR count). The number of carbonyl (C=O) groups is 1. The first-order valence-corrected chi connectivity index (χ1v) is 12.4. The normalized spacial score (nSPS) is 15.8. The zero-order valence-corrected chi connectivity index (χ0v) is 20.8. The van der Waals surface area contributed by atoms with Crippen molar-refractivity contribution in [3.8, 4) is 5.75 Å². The highest BCUT2D eigenvalue weighted by Crippen LogP contribution is 2.37. The number of pyridine rings is 1. The van der Waals surface area contributed by atoms with Gasteiger partial charge in [0.2, 0.25) is 0 Å². The average Bonchev–Trinajstić information content (AvgIpc) is 3.37. The van der Waals surface area contributed by atoms with E-state index in [2.05, 4.69) is 20.4 Å². The molecule has 2 aromatic carbocycles. The second-order valence-electron chi connectivity index (χ2n) is 9.15. The Balaban J connectivity index is 1.86. The van der Waals surface area contributed by atoms with Crippen LogP contribution in [0.15, 0.2) is 66.9 Å². The van der Waals surface area contributed by atoms with Gasteiger partial charge in [0.1, 0.15) is 17.1 Å². The van der Waals surface area contributed by atoms with Crippen LogP contribution in [0.3, 0.4) is 0 Å². The van der Waals surface area contributed by atoms with Crippen LogP contribution in [0.1, 0.15) is 42.5 Å². The SMILES string of the molecule is O=C(NC1CCCC1)N[C@@](Cc1ccccc1)(c1cc(F)cc(OC(F)(F)C(F)F)c1)c1ccc(Cl)cn1. The molecule has 2 amide bonds. The van der Waals surface area contributed by atoms with Crippen molar-refractivity contribution in [2.24, 2.45) is 0 Å². The maximum atomic E-state index is 14.8. The Bertz CT molecular complexity index is 1240. The van der Waals surface area contributed by atoms with E-state index in [9.17, 15) is 26.7 Å². The number of hydrogen-bond acceptors (Lipinski definition) is 3. The summed E-state index contributed by atoms with van der Waals surface area (Å²) < 4.78 is 72.2. The van der Waals surface area contributed by atoms with Crippen LogP contribution in [0.4, 0.5) is 26.7 Å². The maximum Gasteiger partial charge on any atom is 0.461 e. The van der Waals surface area contributed by atoms with E-state index in [-0.39, 0.29) is 28.7 Å². The topological polar surface area (TPSA) is 63.2 Å². The van der Waals surface area contributed by atoms with Crippen molar-refractivity contribution >= 4 is 17.6 Å². The van der Waals surface area contributed by atoms with Gasteiger partial charge in [-0.2, -0.15) is 17.6 Å². The molecule has 202 valence electrons. The van der Waals surface area contributed by atoms with E-state index < -0.39 is 35.7 Å². The predicted molar refractivity (Wildman–Crippen MR) is 132 cm³/mol. The molecule has 1 heterocycles. The van der Waals surface area contributed by atoms with Gasteiger partial charge in [0.25, 0.3) is 0 Å². The zero-order chi connectivity index (χ0) is 27.3. The Morgan fingerprint density at radius 3 is 2.42 bits per heavy atom. The molecule has 0 spiro atoms. The van der Waals surface area contributed by atoms with Gasteiger partial charge in [-0.1, -0.05) is 54.8 Å². The van der Waals surface area contributed by atoms with Gasteiger partial charge in [-0.3, -0.25) is 4.98 Å². The van der Waals surface area contributed by atoms with Gasteiger partial charge in [-0.25, -0.2) is 9.18 Å². The Kier molecular flexibility index (Phi) is 8.40. The van der Waals surface area contributed by atoms with E-state index in [0.717, 1.165) is 37.8 Å². The predicted octanol–water partition coefficient (Wildman–Crippen LogP) is 6.84. The van der Waals surface area contributed by atoms with Gasteiger partial charge in [-0.15, -0.1) is 0 Å². The number of ether oxygens (including phenoxy) is 1. The summed E-state index contributed by atoms with van der Waals surface area (Å²) in [6.07, 6.45) is -4.17. The van der Waals surface area contributed by atoms with E-state index in [0.29, 0.717) is 11.6 Å². The quantitative estimate of drug-likeness (QED) is 0.285. The molecule has 11 heteroatoms. The molecule has 38 heavy (non-hydrogen) atoms. The number of rotatable bonds is 9. The second kappa shape index (κ2) is 11.6. The van der Waals surface area contributed by atoms with Gasteiger partial charge < -0.3 is 15.4 Å². The van der Waals surface area contributed by atoms with Crippen LogP contribution in [0.25, 0.3) is 0 Å². The van der Waals surface area contributed by atoms with Crippen LogP contribution in [-0.2, 0) is 12.0 Å². The van der Waals surface area contributed by atoms with Crippen LogP contribution in [0.5, 0.6) is 5.75 Å². The van der Waals surface area contributed by atoms with Gasteiger partial charge in [0.05, 0.1) is 10.7 Å². The van der Waals surface area contributed by atoms with E-state index in [4.69, 9.17) is 11.6 Å². The highest BCUT2D eigenvalue weighted by molar-refractivity contribution is 6.30. The van der Waals surface area contributed by atoms with Gasteiger partial charge in [0.15, 0.2) is 0 Å². The third kappa shape index (κ3) is 6.53. The van der Waals surface area contributed by atoms with Crippen LogP contribution in [0.2, 0.25) is 5.02 Å². The highest BCUT2D eigenvalue weighted by Gasteiger charge is 2.45. The Hall–Kier alpha value is -3.40. The molecule has 3 aromatic rings. The molecule has 0 radical (unpaired) electrons. The monoisotopic (exact) mass is 553 g/mol. The van der Waals surface area contributed by atoms with Crippen molar-refractivity contribution in [3.05, 3.63) is 94.5 Å². The lowest BCUT2D eigenvalue weighted by molar-refractivity contribution is -0.253. The van der Waals surface area contributed by atoms with Crippen LogP contribution >= 0.6 is 11.6 Å². The summed E-state index contributed by atoms with van der Waals surface area (Å²) in [7, 11) is 0. The number of carbonyl (C=O) groups excluding carboxylic acids is 1. The summed E-state index contributed by atoms with van der Waals surface area (Å²) >= 11 is 6.04. The van der Waals surface area contributed by atoms with Gasteiger partial charge in [0, 0.05) is 24.7 Å². The number of hydrogen-bond donors (Lipinski definition) is 2. The second-order valence-corrected chi connectivity index (χ2v) is 9.59. The number of halogens is 6. The summed E-state index contributed by atoms with van der Waals surface area (Å²) in [6.45, 7) is 0. The molecule has 0 bridgehead atoms. The third-order valence-corrected chi connectivity index (χ3v) is 6.59. The van der Waals surface area contributed by atoms with Crippen LogP contribution in [-0.4, -0.2) is 29.6 Å². The lowest BCUT2D eigenvalue weighted by Crippen LogP contribution is -2.54. The summed E-state index contributed by atoms with van der Waals surface area (Å²) in [6, 6.07) is 13.8. The molecule has 0 saturated heterocycles. The molecule has 1 fully saturated rings. The van der Waals surface area contributed by atoms with Crippen molar-refractivity contribution in [2.75, 3.05) is 0 Å². The number of nitrogens with zero attached hydrogens (tertiary/aromatic N) is 1. The van der Waals surface area contributed by atoms with Crippen molar-refractivity contribution in [1.82, 2.24) is 15.6 Å². The average molecular weight is 554 g/mol. The van der Waals surface area contributed by atoms with Crippen LogP contribution in [0, 0.1) is 5.82 Å². The molecule has 0 aliphatic heterocycles. The fourth-order valence-electron chi connectivity index (χ4n) is 4.61. The van der Waals surface area contributed by atoms with Crippen molar-refractivity contribution in [1.29, 1.82) is 0 Å². The van der Waals surface area contributed by atoms with E-state index >= 15 is 0 Å². The first-order chi connectivity index (χ1) is 18.1. The molecule has 1 aromatic heterocycles. The minimum absolute atomic E-state index is 0.00862. The van der Waals surface area contributed by atoms with Gasteiger partial charge in [-0.05, 0) is 48.2 Å². The largest absolute Gasteiger partial charge is 0.461 e. The first kappa shape index (κ1) is 27.6. The fraction of sp³-hybridized carbons (Fsp3) is 0.333. The zero-order valence-electron chi connectivity index (χ0n) is 20.1. The Morgan fingerprint density at radius 1 is 1.08 bits per heavy atom. The number of aromatic nitrogens is 1. The van der Waals surface area contributed by atoms with Crippen molar-refractivity contribution in [2.45, 2.75) is 56.2 Å². The summed E-state index contributed by atoms with van der Waals surface area (Å²) in [4.78, 5) is 17.7. The number of amides is 2. The molecule has 1 saturated carbocycles. The Morgan fingerprint density at radius 2 is 1.79 bits per heavy atom. The molecule has 1 atom stereocenters. The molecule has 5 nitrogen and oxygen atoms in total. The molecule has 1 aliphatic rings. The summed E-state index contributed by atoms with van der Waals surface area (Å²) in [5, 5.41) is 6.08. The summed E-state index contributed by atoms with van der Waals surface area (Å²) in [5.41, 5.74) is -0.771. The molecule has 2 N–H and O–H groups in total. The van der Waals surface area contributed by atoms with Crippen molar-refractivity contribution in [3.63, 3.8) is 0 Å². The minimum atomic E-state index is -4.86. The van der Waals surface area contributed by atoms with Crippen LogP contribution < -0.4 is 15.4 Å². The van der Waals surface area contributed by atoms with E-state index in [1.54, 1.807) is 30.3 Å². The molecule has 1 aliphatic carbocycles. The number of benzene rings is 2. The molecule has 0 unspecified atom stereocenters. The number of nitrogens with one attached hydrogen (secondary N) is 2. The third-order valence-electron chi connectivity index (χ3n) is 6.37. The molecular formula is C27H25ClF5N3O2. The number of urea groups is 1.